The average molecular weight is 328 g/mol. The highest BCUT2D eigenvalue weighted by atomic mass is 79.9. The van der Waals surface area contributed by atoms with Gasteiger partial charge < -0.3 is 5.73 Å². The van der Waals surface area contributed by atoms with Crippen molar-refractivity contribution >= 4 is 27.3 Å². The first-order valence-corrected chi connectivity index (χ1v) is 7.73. The second-order valence-corrected chi connectivity index (χ2v) is 6.18. The van der Waals surface area contributed by atoms with Crippen LogP contribution in [0.2, 0.25) is 0 Å². The molecule has 2 heterocycles. The second kappa shape index (κ2) is 5.55. The Bertz CT molecular complexity index is 544. The van der Waals surface area contributed by atoms with Gasteiger partial charge in [0.05, 0.1) is 15.9 Å². The fraction of sp³-hybridized carbons (Fsp3) is 0.462. The number of nitrogens with two attached hydrogens (primary N) is 1. The van der Waals surface area contributed by atoms with Crippen molar-refractivity contribution in [3.05, 3.63) is 37.7 Å². The van der Waals surface area contributed by atoms with Crippen LogP contribution in [0.5, 0.6) is 0 Å². The summed E-state index contributed by atoms with van der Waals surface area (Å²) in [5.41, 5.74) is 9.82. The summed E-state index contributed by atoms with van der Waals surface area (Å²) in [4.78, 5) is 1.27. The van der Waals surface area contributed by atoms with E-state index in [2.05, 4.69) is 46.3 Å². The molecule has 0 amide bonds. The van der Waals surface area contributed by atoms with Crippen LogP contribution in [0.25, 0.3) is 0 Å². The Morgan fingerprint density at radius 3 is 2.78 bits per heavy atom. The zero-order valence-electron chi connectivity index (χ0n) is 10.9. The monoisotopic (exact) mass is 327 g/mol. The Morgan fingerprint density at radius 2 is 2.22 bits per heavy atom. The van der Waals surface area contributed by atoms with Crippen molar-refractivity contribution < 1.29 is 0 Å². The van der Waals surface area contributed by atoms with Gasteiger partial charge in [-0.15, -0.1) is 11.3 Å². The van der Waals surface area contributed by atoms with Crippen LogP contribution in [0.3, 0.4) is 0 Å². The van der Waals surface area contributed by atoms with Crippen LogP contribution >= 0.6 is 27.3 Å². The van der Waals surface area contributed by atoms with Gasteiger partial charge in [0.15, 0.2) is 0 Å². The highest BCUT2D eigenvalue weighted by Gasteiger charge is 2.18. The Morgan fingerprint density at radius 1 is 1.50 bits per heavy atom. The lowest BCUT2D eigenvalue weighted by atomic mass is 10.1. The van der Waals surface area contributed by atoms with E-state index in [9.17, 15) is 0 Å². The van der Waals surface area contributed by atoms with Crippen LogP contribution in [-0.4, -0.2) is 9.78 Å². The predicted octanol–water partition coefficient (Wildman–Crippen LogP) is 3.59. The molecule has 5 heteroatoms. The molecule has 0 aliphatic carbocycles. The fourth-order valence-electron chi connectivity index (χ4n) is 2.13. The van der Waals surface area contributed by atoms with Crippen molar-refractivity contribution in [3.8, 4) is 0 Å². The average Bonchev–Trinajstić information content (AvgIpc) is 2.87. The lowest BCUT2D eigenvalue weighted by Crippen LogP contribution is -2.16. The molecule has 2 N–H and O–H groups in total. The van der Waals surface area contributed by atoms with E-state index in [1.165, 1.54) is 16.1 Å². The standard InChI is InChI=1S/C13H18BrN3S/c1-4-17-11(12(14)9(3)16-17)7-10(15)13-8(2)5-6-18-13/h5-6,10H,4,7,15H2,1-3H3. The van der Waals surface area contributed by atoms with Gasteiger partial charge in [-0.25, -0.2) is 0 Å². The van der Waals surface area contributed by atoms with Crippen molar-refractivity contribution in [2.75, 3.05) is 0 Å². The van der Waals surface area contributed by atoms with Crippen LogP contribution in [0, 0.1) is 13.8 Å². The highest BCUT2D eigenvalue weighted by molar-refractivity contribution is 9.10. The minimum absolute atomic E-state index is 0.0442. The number of halogens is 1. The van der Waals surface area contributed by atoms with Crippen LogP contribution in [-0.2, 0) is 13.0 Å². The molecule has 18 heavy (non-hydrogen) atoms. The fourth-order valence-corrected chi connectivity index (χ4v) is 3.51. The largest absolute Gasteiger partial charge is 0.323 e. The number of thiophene rings is 1. The third kappa shape index (κ3) is 2.53. The minimum Gasteiger partial charge on any atom is -0.323 e. The molecule has 0 aromatic carbocycles. The molecule has 2 aromatic rings. The molecule has 3 nitrogen and oxygen atoms in total. The summed E-state index contributed by atoms with van der Waals surface area (Å²) in [5.74, 6) is 0. The highest BCUT2D eigenvalue weighted by Crippen LogP contribution is 2.29. The molecule has 0 fully saturated rings. The summed E-state index contributed by atoms with van der Waals surface area (Å²) in [6.07, 6.45) is 0.816. The number of aromatic nitrogens is 2. The Hall–Kier alpha value is -0.650. The molecule has 98 valence electrons. The van der Waals surface area contributed by atoms with Crippen molar-refractivity contribution in [1.29, 1.82) is 0 Å². The van der Waals surface area contributed by atoms with Crippen LogP contribution in [0.15, 0.2) is 15.9 Å². The quantitative estimate of drug-likeness (QED) is 0.932. The molecule has 0 bridgehead atoms. The molecule has 0 radical (unpaired) electrons. The second-order valence-electron chi connectivity index (χ2n) is 4.44. The van der Waals surface area contributed by atoms with E-state index >= 15 is 0 Å². The van der Waals surface area contributed by atoms with Gasteiger partial charge in [-0.3, -0.25) is 4.68 Å². The number of rotatable bonds is 4. The Balaban J connectivity index is 2.27. The van der Waals surface area contributed by atoms with E-state index in [1.54, 1.807) is 11.3 Å². The predicted molar refractivity (Wildman–Crippen MR) is 80.0 cm³/mol. The number of hydrogen-bond donors (Lipinski definition) is 1. The summed E-state index contributed by atoms with van der Waals surface area (Å²) in [6, 6.07) is 2.17. The molecule has 1 atom stereocenters. The molecular formula is C13H18BrN3S. The third-order valence-electron chi connectivity index (χ3n) is 3.10. The molecule has 1 unspecified atom stereocenters. The number of hydrogen-bond acceptors (Lipinski definition) is 3. The van der Waals surface area contributed by atoms with Crippen molar-refractivity contribution in [1.82, 2.24) is 9.78 Å². The molecule has 2 aromatic heterocycles. The first kappa shape index (κ1) is 13.8. The number of aryl methyl sites for hydroxylation is 3. The zero-order chi connectivity index (χ0) is 13.3. The van der Waals surface area contributed by atoms with E-state index in [1.807, 2.05) is 11.6 Å². The summed E-state index contributed by atoms with van der Waals surface area (Å²) in [5, 5.41) is 6.60. The van der Waals surface area contributed by atoms with E-state index in [0.717, 1.165) is 23.1 Å². The van der Waals surface area contributed by atoms with Gasteiger partial charge in [0.25, 0.3) is 0 Å². The molecule has 0 aliphatic rings. The third-order valence-corrected chi connectivity index (χ3v) is 5.29. The van der Waals surface area contributed by atoms with Crippen LogP contribution < -0.4 is 5.73 Å². The van der Waals surface area contributed by atoms with Gasteiger partial charge in [0, 0.05) is 23.9 Å². The first-order valence-electron chi connectivity index (χ1n) is 6.06. The Kier molecular flexibility index (Phi) is 4.25. The van der Waals surface area contributed by atoms with Crippen LogP contribution in [0.1, 0.15) is 34.8 Å². The molecule has 0 saturated carbocycles. The van der Waals surface area contributed by atoms with Gasteiger partial charge in [0.1, 0.15) is 0 Å². The van der Waals surface area contributed by atoms with Crippen LogP contribution in [0.4, 0.5) is 0 Å². The maximum absolute atomic E-state index is 6.32. The van der Waals surface area contributed by atoms with Gasteiger partial charge in [-0.1, -0.05) is 0 Å². The lowest BCUT2D eigenvalue weighted by Gasteiger charge is -2.13. The summed E-state index contributed by atoms with van der Waals surface area (Å²) >= 11 is 5.35. The molecule has 0 aliphatic heterocycles. The SMILES string of the molecule is CCn1nc(C)c(Br)c1CC(N)c1sccc1C. The normalized spacial score (nSPS) is 12.9. The smallest absolute Gasteiger partial charge is 0.0738 e. The summed E-state index contributed by atoms with van der Waals surface area (Å²) in [7, 11) is 0. The van der Waals surface area contributed by atoms with E-state index in [4.69, 9.17) is 5.73 Å². The van der Waals surface area contributed by atoms with E-state index in [0.29, 0.717) is 0 Å². The van der Waals surface area contributed by atoms with Crippen molar-refractivity contribution in [2.45, 2.75) is 39.8 Å². The van der Waals surface area contributed by atoms with Gasteiger partial charge in [-0.2, -0.15) is 5.10 Å². The van der Waals surface area contributed by atoms with E-state index in [-0.39, 0.29) is 6.04 Å². The molecule has 2 rings (SSSR count). The zero-order valence-corrected chi connectivity index (χ0v) is 13.3. The molecule has 0 saturated heterocycles. The Labute approximate surface area is 120 Å². The lowest BCUT2D eigenvalue weighted by molar-refractivity contribution is 0.588. The van der Waals surface area contributed by atoms with Crippen molar-refractivity contribution in [3.63, 3.8) is 0 Å². The molecular weight excluding hydrogens is 310 g/mol. The van der Waals surface area contributed by atoms with Gasteiger partial charge >= 0.3 is 0 Å². The summed E-state index contributed by atoms with van der Waals surface area (Å²) in [6.45, 7) is 7.10. The summed E-state index contributed by atoms with van der Waals surface area (Å²) < 4.78 is 3.12. The maximum atomic E-state index is 6.32. The maximum Gasteiger partial charge on any atom is 0.0738 e. The number of nitrogens with zero attached hydrogens (tertiary/aromatic N) is 2. The first-order chi connectivity index (χ1) is 8.54. The topological polar surface area (TPSA) is 43.8 Å². The minimum atomic E-state index is 0.0442. The van der Waals surface area contributed by atoms with E-state index < -0.39 is 0 Å². The molecule has 0 spiro atoms. The van der Waals surface area contributed by atoms with Gasteiger partial charge in [0.2, 0.25) is 0 Å². The van der Waals surface area contributed by atoms with Crippen molar-refractivity contribution in [2.24, 2.45) is 5.73 Å². The van der Waals surface area contributed by atoms with Gasteiger partial charge in [-0.05, 0) is 53.7 Å².